The van der Waals surface area contributed by atoms with Gasteiger partial charge in [0.05, 0.1) is 0 Å². The summed E-state index contributed by atoms with van der Waals surface area (Å²) in [5.41, 5.74) is 0. The molecule has 0 atom stereocenters. The van der Waals surface area contributed by atoms with E-state index in [9.17, 15) is 0 Å². The zero-order valence-corrected chi connectivity index (χ0v) is 9.25. The quantitative estimate of drug-likeness (QED) is 0.289. The second-order valence-electron chi connectivity index (χ2n) is 1.50. The average molecular weight is 164 g/mol. The monoisotopic (exact) mass is 162 g/mol. The van der Waals surface area contributed by atoms with Crippen molar-refractivity contribution in [2.24, 2.45) is 0 Å². The Morgan fingerprint density at radius 3 is 1.14 bits per heavy atom. The smallest absolute Gasteiger partial charge is 0.0379 e. The summed E-state index contributed by atoms with van der Waals surface area (Å²) in [4.78, 5) is 0. The molecule has 0 amide bonds. The van der Waals surface area contributed by atoms with E-state index in [2.05, 4.69) is 26.1 Å². The number of rotatable bonds is 0. The molecule has 0 spiro atoms. The Labute approximate surface area is 61.1 Å². The van der Waals surface area contributed by atoms with Gasteiger partial charge in [0.2, 0.25) is 0 Å². The van der Waals surface area contributed by atoms with Gasteiger partial charge in [-0.3, -0.25) is 0 Å². The molecule has 7 heavy (non-hydrogen) atoms. The van der Waals surface area contributed by atoms with E-state index in [-0.39, 0.29) is 28.3 Å². The minimum atomic E-state index is 0. The third-order valence-corrected chi connectivity index (χ3v) is 0. The fourth-order valence-electron chi connectivity index (χ4n) is 0. The summed E-state index contributed by atoms with van der Waals surface area (Å²) in [6.07, 6.45) is 9.00. The first kappa shape index (κ1) is 15.7. The van der Waals surface area contributed by atoms with Crippen LogP contribution in [0.25, 0.3) is 0 Å². The predicted octanol–water partition coefficient (Wildman–Crippen LogP) is 1.57. The van der Waals surface area contributed by atoms with Gasteiger partial charge in [0.15, 0.2) is 0 Å². The fraction of sp³-hybridized carbons (Fsp3) is 0.600. The summed E-state index contributed by atoms with van der Waals surface area (Å²) in [7, 11) is 0.120. The molecule has 0 rings (SSSR count). The maximum absolute atomic E-state index is 5.25. The van der Waals surface area contributed by atoms with Gasteiger partial charge in [0.25, 0.3) is 0 Å². The van der Waals surface area contributed by atoms with Gasteiger partial charge in [-0.25, -0.2) is 0 Å². The standard InChI is InChI=1S/C3H9Si.C2H.Zn/c1-4(2)3;1-2;/h1-3H3;1H;/q;-1;. The van der Waals surface area contributed by atoms with Crippen molar-refractivity contribution in [2.45, 2.75) is 19.6 Å². The Hall–Kier alpha value is 0.400. The zero-order valence-electron chi connectivity index (χ0n) is 5.28. The van der Waals surface area contributed by atoms with E-state index >= 15 is 0 Å². The first-order chi connectivity index (χ1) is 2.73. The van der Waals surface area contributed by atoms with Gasteiger partial charge in [-0.1, -0.05) is 19.6 Å². The molecular weight excluding hydrogens is 154 g/mol. The van der Waals surface area contributed by atoms with Crippen molar-refractivity contribution in [3.8, 4) is 6.42 Å². The van der Waals surface area contributed by atoms with Gasteiger partial charge in [-0.2, -0.15) is 0 Å². The summed E-state index contributed by atoms with van der Waals surface area (Å²) in [5, 5.41) is 0. The molecule has 0 aromatic rings. The second kappa shape index (κ2) is 16.1. The SMILES string of the molecule is C[Si](C)C.[C-]#C.[Zn]. The van der Waals surface area contributed by atoms with Gasteiger partial charge in [0, 0.05) is 28.3 Å². The van der Waals surface area contributed by atoms with Crippen LogP contribution in [-0.2, 0) is 19.5 Å². The van der Waals surface area contributed by atoms with Crippen molar-refractivity contribution >= 4 is 8.80 Å². The van der Waals surface area contributed by atoms with Crippen molar-refractivity contribution in [2.75, 3.05) is 0 Å². The third kappa shape index (κ3) is 774. The Balaban J connectivity index is -0.0000000480. The van der Waals surface area contributed by atoms with E-state index in [1.165, 1.54) is 0 Å². The van der Waals surface area contributed by atoms with E-state index in [1.807, 2.05) is 0 Å². The molecular formula is C5H10SiZn-. The van der Waals surface area contributed by atoms with Crippen LogP contribution in [0, 0.1) is 12.8 Å². The summed E-state index contributed by atoms with van der Waals surface area (Å²) >= 11 is 0. The third-order valence-electron chi connectivity index (χ3n) is 0. The number of hydrogen-bond acceptors (Lipinski definition) is 0. The summed E-state index contributed by atoms with van der Waals surface area (Å²) in [6, 6.07) is 0. The topological polar surface area (TPSA) is 0 Å². The molecule has 1 radical (unpaired) electrons. The van der Waals surface area contributed by atoms with E-state index in [0.29, 0.717) is 0 Å². The summed E-state index contributed by atoms with van der Waals surface area (Å²) in [5.74, 6) is 0. The van der Waals surface area contributed by atoms with Gasteiger partial charge in [0.1, 0.15) is 0 Å². The van der Waals surface area contributed by atoms with Crippen LogP contribution in [0.5, 0.6) is 0 Å². The summed E-state index contributed by atoms with van der Waals surface area (Å²) in [6.45, 7) is 6.81. The molecule has 0 aliphatic carbocycles. The summed E-state index contributed by atoms with van der Waals surface area (Å²) < 4.78 is 0. The van der Waals surface area contributed by atoms with Crippen molar-refractivity contribution in [1.82, 2.24) is 0 Å². The van der Waals surface area contributed by atoms with Crippen molar-refractivity contribution in [3.63, 3.8) is 0 Å². The molecule has 0 N–H and O–H groups in total. The predicted molar refractivity (Wildman–Crippen MR) is 31.5 cm³/mol. The van der Waals surface area contributed by atoms with Crippen LogP contribution in [0.15, 0.2) is 0 Å². The van der Waals surface area contributed by atoms with Crippen LogP contribution in [0.1, 0.15) is 0 Å². The van der Waals surface area contributed by atoms with Crippen LogP contribution in [-0.4, -0.2) is 8.80 Å². The largest absolute Gasteiger partial charge is 0.697 e. The number of terminal acetylenes is 1. The number of hydrogen-bond donors (Lipinski definition) is 0. The van der Waals surface area contributed by atoms with Crippen molar-refractivity contribution < 1.29 is 19.5 Å². The first-order valence-corrected chi connectivity index (χ1v) is 4.79. The molecule has 0 aliphatic rings. The van der Waals surface area contributed by atoms with Crippen LogP contribution in [0.3, 0.4) is 0 Å². The molecule has 0 saturated carbocycles. The Morgan fingerprint density at radius 1 is 1.14 bits per heavy atom. The molecule has 0 aromatic carbocycles. The molecule has 2 heteroatoms. The van der Waals surface area contributed by atoms with Gasteiger partial charge in [-0.05, 0) is 0 Å². The fourth-order valence-corrected chi connectivity index (χ4v) is 0. The molecule has 0 aromatic heterocycles. The first-order valence-electron chi connectivity index (χ1n) is 1.79. The molecule has 37 valence electrons. The molecule has 0 saturated heterocycles. The van der Waals surface area contributed by atoms with Gasteiger partial charge >= 0.3 is 0 Å². The average Bonchev–Trinajstić information content (AvgIpc) is 1.41. The molecule has 0 unspecified atom stereocenters. The van der Waals surface area contributed by atoms with E-state index in [4.69, 9.17) is 6.42 Å². The Bertz CT molecular complexity index is 29.6. The molecule has 0 fully saturated rings. The molecule has 0 heterocycles. The Morgan fingerprint density at radius 2 is 1.14 bits per heavy atom. The van der Waals surface area contributed by atoms with E-state index in [0.717, 1.165) is 0 Å². The van der Waals surface area contributed by atoms with Gasteiger partial charge < -0.3 is 12.8 Å². The maximum atomic E-state index is 5.25. The normalized spacial score (nSPS) is 5.43. The minimum Gasteiger partial charge on any atom is -0.697 e. The van der Waals surface area contributed by atoms with Crippen molar-refractivity contribution in [3.05, 3.63) is 6.42 Å². The Kier molecular flexibility index (Phi) is 36.1. The van der Waals surface area contributed by atoms with Crippen molar-refractivity contribution in [1.29, 1.82) is 0 Å². The zero-order chi connectivity index (χ0) is 5.58. The molecule has 0 bridgehead atoms. The van der Waals surface area contributed by atoms with Crippen LogP contribution >= 0.6 is 0 Å². The van der Waals surface area contributed by atoms with Gasteiger partial charge in [-0.15, -0.1) is 0 Å². The van der Waals surface area contributed by atoms with E-state index in [1.54, 1.807) is 0 Å². The molecule has 0 aliphatic heterocycles. The van der Waals surface area contributed by atoms with E-state index < -0.39 is 0 Å². The van der Waals surface area contributed by atoms with Crippen LogP contribution in [0.4, 0.5) is 0 Å². The van der Waals surface area contributed by atoms with Crippen LogP contribution < -0.4 is 0 Å². The van der Waals surface area contributed by atoms with Crippen LogP contribution in [0.2, 0.25) is 19.6 Å². The molecule has 0 nitrogen and oxygen atoms in total. The maximum Gasteiger partial charge on any atom is 0.0379 e. The minimum absolute atomic E-state index is 0. The second-order valence-corrected chi connectivity index (χ2v) is 4.50.